The molecule has 2 saturated heterocycles. The summed E-state index contributed by atoms with van der Waals surface area (Å²) in [6.07, 6.45) is 4.06. The first kappa shape index (κ1) is 19.8. The van der Waals surface area contributed by atoms with Crippen LogP contribution in [-0.4, -0.2) is 71.8 Å². The fraction of sp³-hybridized carbons (Fsp3) is 0.737. The zero-order valence-corrected chi connectivity index (χ0v) is 16.2. The molecule has 3 rings (SSSR count). The highest BCUT2D eigenvalue weighted by Gasteiger charge is 2.42. The zero-order chi connectivity index (χ0) is 19.4. The number of hydrogen-bond donors (Lipinski definition) is 1. The molecule has 8 heteroatoms. The minimum Gasteiger partial charge on any atom is -0.391 e. The summed E-state index contributed by atoms with van der Waals surface area (Å²) in [5, 5.41) is 13.3. The number of aliphatic hydroxyl groups excluding tert-OH is 1. The summed E-state index contributed by atoms with van der Waals surface area (Å²) in [5.41, 5.74) is 0.774. The van der Waals surface area contributed by atoms with Gasteiger partial charge in [-0.25, -0.2) is 0 Å². The van der Waals surface area contributed by atoms with E-state index in [1.54, 1.807) is 18.9 Å². The van der Waals surface area contributed by atoms with Crippen LogP contribution >= 0.6 is 0 Å². The summed E-state index contributed by atoms with van der Waals surface area (Å²) in [6, 6.07) is 0. The average Bonchev–Trinajstić information content (AvgIpc) is 3.05. The highest BCUT2D eigenvalue weighted by atomic mass is 16.5. The fourth-order valence-corrected chi connectivity index (χ4v) is 4.19. The second kappa shape index (κ2) is 8.39. The Hall–Kier alpha value is -1.93. The van der Waals surface area contributed by atoms with E-state index < -0.39 is 0 Å². The van der Waals surface area contributed by atoms with Gasteiger partial charge in [0.1, 0.15) is 5.76 Å². The van der Waals surface area contributed by atoms with Crippen LogP contribution in [0.2, 0.25) is 0 Å². The van der Waals surface area contributed by atoms with Gasteiger partial charge in [0.05, 0.1) is 12.2 Å². The van der Waals surface area contributed by atoms with Crippen molar-refractivity contribution >= 4 is 11.8 Å². The normalized spacial score (nSPS) is 19.7. The van der Waals surface area contributed by atoms with E-state index in [0.29, 0.717) is 37.4 Å². The van der Waals surface area contributed by atoms with Crippen molar-refractivity contribution in [2.45, 2.75) is 45.6 Å². The number of aliphatic hydroxyl groups is 1. The molecule has 2 aliphatic rings. The number of piperidine rings is 2. The monoisotopic (exact) mass is 379 g/mol. The van der Waals surface area contributed by atoms with Crippen LogP contribution in [0.5, 0.6) is 0 Å². The zero-order valence-electron chi connectivity index (χ0n) is 16.2. The van der Waals surface area contributed by atoms with Crippen LogP contribution in [-0.2, 0) is 16.1 Å². The van der Waals surface area contributed by atoms with Crippen LogP contribution in [0, 0.1) is 12.3 Å². The minimum absolute atomic E-state index is 0.0946. The molecule has 0 aliphatic carbocycles. The van der Waals surface area contributed by atoms with Crippen molar-refractivity contribution in [2.75, 3.05) is 39.9 Å². The fourth-order valence-electron chi connectivity index (χ4n) is 4.19. The van der Waals surface area contributed by atoms with Crippen molar-refractivity contribution in [3.8, 4) is 0 Å². The summed E-state index contributed by atoms with van der Waals surface area (Å²) in [7, 11) is 1.67. The van der Waals surface area contributed by atoms with Crippen molar-refractivity contribution < 1.29 is 24.0 Å². The van der Waals surface area contributed by atoms with Gasteiger partial charge in [-0.1, -0.05) is 5.16 Å². The smallest absolute Gasteiger partial charge is 0.276 e. The molecule has 0 radical (unpaired) electrons. The standard InChI is InChI=1S/C19H29N3O5/c1-14-15(12-23)17(20-27-14)18(25)21-9-6-19(7-10-21)5-4-16(24)22(13-19)8-3-11-26-2/h23H,3-13H2,1-2H3. The maximum absolute atomic E-state index is 12.8. The van der Waals surface area contributed by atoms with Crippen molar-refractivity contribution in [1.29, 1.82) is 0 Å². The van der Waals surface area contributed by atoms with Crippen LogP contribution in [0.4, 0.5) is 0 Å². The molecule has 2 amide bonds. The minimum atomic E-state index is -0.257. The summed E-state index contributed by atoms with van der Waals surface area (Å²) >= 11 is 0. The Balaban J connectivity index is 1.60. The molecule has 0 bridgehead atoms. The lowest BCUT2D eigenvalue weighted by Gasteiger charge is -2.47. The first-order valence-corrected chi connectivity index (χ1v) is 9.62. The average molecular weight is 379 g/mol. The number of aryl methyl sites for hydroxylation is 1. The Bertz CT molecular complexity index is 679. The van der Waals surface area contributed by atoms with E-state index >= 15 is 0 Å². The van der Waals surface area contributed by atoms with Gasteiger partial charge in [-0.15, -0.1) is 0 Å². The molecule has 0 saturated carbocycles. The lowest BCUT2D eigenvalue weighted by atomic mass is 9.72. The molecule has 2 fully saturated rings. The van der Waals surface area contributed by atoms with Crippen LogP contribution in [0.1, 0.15) is 53.9 Å². The third-order valence-electron chi connectivity index (χ3n) is 5.98. The molecule has 2 aliphatic heterocycles. The Morgan fingerprint density at radius 1 is 1.33 bits per heavy atom. The van der Waals surface area contributed by atoms with Gasteiger partial charge in [-0.3, -0.25) is 9.59 Å². The third-order valence-corrected chi connectivity index (χ3v) is 5.98. The number of amides is 2. The molecule has 0 aromatic carbocycles. The molecule has 1 N–H and O–H groups in total. The van der Waals surface area contributed by atoms with Gasteiger partial charge in [0.2, 0.25) is 5.91 Å². The van der Waals surface area contributed by atoms with Crippen molar-refractivity contribution in [3.63, 3.8) is 0 Å². The number of aromatic nitrogens is 1. The SMILES string of the molecule is COCCCN1CC2(CCC1=O)CCN(C(=O)c1noc(C)c1CO)CC2. The molecule has 150 valence electrons. The van der Waals surface area contributed by atoms with Crippen LogP contribution in [0.3, 0.4) is 0 Å². The molecule has 27 heavy (non-hydrogen) atoms. The molecule has 1 spiro atoms. The van der Waals surface area contributed by atoms with Crippen LogP contribution in [0.15, 0.2) is 4.52 Å². The molecule has 3 heterocycles. The summed E-state index contributed by atoms with van der Waals surface area (Å²) in [5.74, 6) is 0.516. The number of carbonyl (C=O) groups excluding carboxylic acids is 2. The van der Waals surface area contributed by atoms with Crippen molar-refractivity contribution in [2.24, 2.45) is 5.41 Å². The summed E-state index contributed by atoms with van der Waals surface area (Å²) < 4.78 is 10.2. The van der Waals surface area contributed by atoms with E-state index in [-0.39, 0.29) is 29.5 Å². The quantitative estimate of drug-likeness (QED) is 0.750. The van der Waals surface area contributed by atoms with Gasteiger partial charge < -0.3 is 24.2 Å². The largest absolute Gasteiger partial charge is 0.391 e. The van der Waals surface area contributed by atoms with E-state index in [2.05, 4.69) is 5.16 Å². The van der Waals surface area contributed by atoms with Gasteiger partial charge in [0.15, 0.2) is 5.69 Å². The van der Waals surface area contributed by atoms with E-state index in [1.165, 1.54) is 0 Å². The molecule has 8 nitrogen and oxygen atoms in total. The van der Waals surface area contributed by atoms with Gasteiger partial charge >= 0.3 is 0 Å². The number of nitrogens with zero attached hydrogens (tertiary/aromatic N) is 3. The number of likely N-dealkylation sites (tertiary alicyclic amines) is 2. The van der Waals surface area contributed by atoms with E-state index in [9.17, 15) is 14.7 Å². The lowest BCUT2D eigenvalue weighted by molar-refractivity contribution is -0.139. The van der Waals surface area contributed by atoms with Gasteiger partial charge in [0, 0.05) is 46.3 Å². The second-order valence-corrected chi connectivity index (χ2v) is 7.68. The van der Waals surface area contributed by atoms with Gasteiger partial charge in [0.25, 0.3) is 5.91 Å². The predicted molar refractivity (Wildman–Crippen MR) is 97.0 cm³/mol. The second-order valence-electron chi connectivity index (χ2n) is 7.68. The number of rotatable bonds is 6. The lowest BCUT2D eigenvalue weighted by Crippen LogP contribution is -2.52. The molecule has 1 aromatic heterocycles. The van der Waals surface area contributed by atoms with Crippen LogP contribution < -0.4 is 0 Å². The Morgan fingerprint density at radius 3 is 2.74 bits per heavy atom. The van der Waals surface area contributed by atoms with E-state index in [4.69, 9.17) is 9.26 Å². The molecule has 0 unspecified atom stereocenters. The number of methoxy groups -OCH3 is 1. The van der Waals surface area contributed by atoms with Crippen molar-refractivity contribution in [1.82, 2.24) is 15.0 Å². The van der Waals surface area contributed by atoms with E-state index in [0.717, 1.165) is 38.8 Å². The molecule has 0 atom stereocenters. The first-order valence-electron chi connectivity index (χ1n) is 9.62. The first-order chi connectivity index (χ1) is 13.0. The van der Waals surface area contributed by atoms with Gasteiger partial charge in [-0.05, 0) is 38.0 Å². The topological polar surface area (TPSA) is 96.1 Å². The Labute approximate surface area is 159 Å². The number of hydrogen-bond acceptors (Lipinski definition) is 6. The number of carbonyl (C=O) groups is 2. The molecular formula is C19H29N3O5. The highest BCUT2D eigenvalue weighted by molar-refractivity contribution is 5.93. The Morgan fingerprint density at radius 2 is 2.07 bits per heavy atom. The van der Waals surface area contributed by atoms with Gasteiger partial charge in [-0.2, -0.15) is 0 Å². The molecular weight excluding hydrogens is 350 g/mol. The summed E-state index contributed by atoms with van der Waals surface area (Å²) in [4.78, 5) is 28.7. The summed E-state index contributed by atoms with van der Waals surface area (Å²) in [6.45, 7) is 4.86. The maximum atomic E-state index is 12.8. The maximum Gasteiger partial charge on any atom is 0.276 e. The number of ether oxygens (including phenoxy) is 1. The predicted octanol–water partition coefficient (Wildman–Crippen LogP) is 1.36. The van der Waals surface area contributed by atoms with Crippen molar-refractivity contribution in [3.05, 3.63) is 17.0 Å². The van der Waals surface area contributed by atoms with Crippen LogP contribution in [0.25, 0.3) is 0 Å². The Kier molecular flexibility index (Phi) is 6.16. The molecule has 1 aromatic rings. The third kappa shape index (κ3) is 4.16. The highest BCUT2D eigenvalue weighted by Crippen LogP contribution is 2.40. The van der Waals surface area contributed by atoms with E-state index in [1.807, 2.05) is 4.90 Å².